The average molecular weight is 520 g/mol. The fraction of sp³-hybridized carbons (Fsp3) is 0.318. The summed E-state index contributed by atoms with van der Waals surface area (Å²) in [7, 11) is 0. The Balaban J connectivity index is 1.60. The Bertz CT molecular complexity index is 855. The number of para-hydroxylation sites is 2. The number of halogens is 2. The molecule has 2 aromatic rings. The third kappa shape index (κ3) is 3.90. The molecule has 1 aliphatic carbocycles. The van der Waals surface area contributed by atoms with E-state index >= 15 is 0 Å². The summed E-state index contributed by atoms with van der Waals surface area (Å²) in [6.45, 7) is -0.256. The van der Waals surface area contributed by atoms with Gasteiger partial charge in [-0.2, -0.15) is 0 Å². The van der Waals surface area contributed by atoms with Crippen LogP contribution in [0.5, 0.6) is 0 Å². The van der Waals surface area contributed by atoms with Gasteiger partial charge in [0.15, 0.2) is 0 Å². The van der Waals surface area contributed by atoms with Gasteiger partial charge in [0, 0.05) is 21.0 Å². The smallest absolute Gasteiger partial charge is 0.251 e. The van der Waals surface area contributed by atoms with Crippen molar-refractivity contribution in [3.63, 3.8) is 0 Å². The molecule has 7 heteroatoms. The van der Waals surface area contributed by atoms with Gasteiger partial charge in [-0.25, -0.2) is 0 Å². The van der Waals surface area contributed by atoms with Crippen molar-refractivity contribution in [3.05, 3.63) is 60.7 Å². The molecule has 3 amide bonds. The van der Waals surface area contributed by atoms with Crippen LogP contribution in [0.4, 0.5) is 11.4 Å². The summed E-state index contributed by atoms with van der Waals surface area (Å²) in [5.41, 5.74) is 1.39. The average Bonchev–Trinajstić information content (AvgIpc) is 2.95. The highest BCUT2D eigenvalue weighted by atomic mass is 79.9. The largest absolute Gasteiger partial charge is 0.280 e. The second-order valence-electron chi connectivity index (χ2n) is 7.38. The van der Waals surface area contributed by atoms with Crippen molar-refractivity contribution in [1.29, 1.82) is 0 Å². The summed E-state index contributed by atoms with van der Waals surface area (Å²) >= 11 is 7.18. The van der Waals surface area contributed by atoms with E-state index in [1.807, 2.05) is 60.7 Å². The molecule has 0 unspecified atom stereocenters. The van der Waals surface area contributed by atoms with E-state index in [0.29, 0.717) is 24.2 Å². The second-order valence-corrected chi connectivity index (χ2v) is 9.73. The van der Waals surface area contributed by atoms with Gasteiger partial charge < -0.3 is 0 Å². The summed E-state index contributed by atoms with van der Waals surface area (Å²) < 4.78 is 0. The molecule has 0 bridgehead atoms. The summed E-state index contributed by atoms with van der Waals surface area (Å²) in [4.78, 5) is 42.1. The van der Waals surface area contributed by atoms with E-state index in [9.17, 15) is 14.4 Å². The van der Waals surface area contributed by atoms with Crippen molar-refractivity contribution in [2.45, 2.75) is 22.5 Å². The first kappa shape index (κ1) is 20.3. The molecule has 5 nitrogen and oxygen atoms in total. The number of benzene rings is 2. The van der Waals surface area contributed by atoms with Crippen LogP contribution in [0.2, 0.25) is 0 Å². The first-order valence-electron chi connectivity index (χ1n) is 9.54. The zero-order valence-electron chi connectivity index (χ0n) is 15.6. The van der Waals surface area contributed by atoms with Crippen molar-refractivity contribution in [2.24, 2.45) is 11.8 Å². The molecule has 2 fully saturated rings. The number of hydrogen-bond donors (Lipinski definition) is 0. The molecule has 4 rings (SSSR count). The monoisotopic (exact) mass is 518 g/mol. The molecular formula is C22H20Br2N2O3. The van der Waals surface area contributed by atoms with Crippen molar-refractivity contribution >= 4 is 61.0 Å². The number of carbonyl (C=O) groups excluding carboxylic acids is 3. The molecular weight excluding hydrogens is 500 g/mol. The quantitative estimate of drug-likeness (QED) is 0.447. The Morgan fingerprint density at radius 2 is 1.24 bits per heavy atom. The van der Waals surface area contributed by atoms with Crippen molar-refractivity contribution < 1.29 is 14.4 Å². The summed E-state index contributed by atoms with van der Waals surface area (Å²) in [6, 6.07) is 18.5. The van der Waals surface area contributed by atoms with Crippen LogP contribution in [0.1, 0.15) is 12.8 Å². The number of nitrogens with zero attached hydrogens (tertiary/aromatic N) is 2. The Morgan fingerprint density at radius 3 is 1.66 bits per heavy atom. The highest BCUT2D eigenvalue weighted by Gasteiger charge is 2.52. The third-order valence-electron chi connectivity index (χ3n) is 5.57. The number of alkyl halides is 2. The van der Waals surface area contributed by atoms with Gasteiger partial charge in [0.2, 0.25) is 11.8 Å². The molecule has 0 spiro atoms. The van der Waals surface area contributed by atoms with E-state index in [2.05, 4.69) is 31.9 Å². The number of imide groups is 1. The fourth-order valence-electron chi connectivity index (χ4n) is 4.12. The lowest BCUT2D eigenvalue weighted by Gasteiger charge is -2.29. The van der Waals surface area contributed by atoms with Crippen LogP contribution in [-0.4, -0.2) is 38.8 Å². The molecule has 0 radical (unpaired) electrons. The molecule has 1 saturated heterocycles. The van der Waals surface area contributed by atoms with Crippen LogP contribution < -0.4 is 4.90 Å². The maximum atomic E-state index is 13.3. The molecule has 29 heavy (non-hydrogen) atoms. The van der Waals surface area contributed by atoms with E-state index in [4.69, 9.17) is 0 Å². The van der Waals surface area contributed by atoms with Gasteiger partial charge in [-0.15, -0.1) is 0 Å². The van der Waals surface area contributed by atoms with Crippen LogP contribution in [0.15, 0.2) is 60.7 Å². The lowest BCUT2D eigenvalue weighted by Crippen LogP contribution is -2.41. The summed E-state index contributed by atoms with van der Waals surface area (Å²) in [6.07, 6.45) is 1.19. The molecule has 1 heterocycles. The van der Waals surface area contributed by atoms with Crippen LogP contribution in [0.3, 0.4) is 0 Å². The number of fused-ring (bicyclic) bond motifs is 1. The number of hydrogen-bond acceptors (Lipinski definition) is 3. The molecule has 150 valence electrons. The van der Waals surface area contributed by atoms with Gasteiger partial charge >= 0.3 is 0 Å². The highest BCUT2D eigenvalue weighted by molar-refractivity contribution is 9.12. The zero-order valence-corrected chi connectivity index (χ0v) is 18.8. The zero-order chi connectivity index (χ0) is 20.5. The van der Waals surface area contributed by atoms with Crippen LogP contribution in [-0.2, 0) is 14.4 Å². The summed E-state index contributed by atoms with van der Waals surface area (Å²) in [5.74, 6) is -1.49. The van der Waals surface area contributed by atoms with Gasteiger partial charge in [-0.1, -0.05) is 68.3 Å². The first-order chi connectivity index (χ1) is 14.0. The Morgan fingerprint density at radius 1 is 0.828 bits per heavy atom. The normalized spacial score (nSPS) is 26.3. The Hall–Kier alpha value is -1.99. The van der Waals surface area contributed by atoms with Crippen molar-refractivity contribution in [2.75, 3.05) is 11.4 Å². The molecule has 2 aromatic carbocycles. The van der Waals surface area contributed by atoms with Crippen molar-refractivity contribution in [3.8, 4) is 0 Å². The Labute approximate surface area is 186 Å². The molecule has 1 saturated carbocycles. The SMILES string of the molecule is O=C1[C@@H]2C[C@@H](Br)[C@@H](Br)C[C@H]2C(=O)N1CC(=O)N(c1ccccc1)c1ccccc1. The van der Waals surface area contributed by atoms with E-state index in [1.165, 1.54) is 0 Å². The number of carbonyl (C=O) groups is 3. The maximum Gasteiger partial charge on any atom is 0.251 e. The van der Waals surface area contributed by atoms with E-state index in [-0.39, 0.29) is 45.8 Å². The molecule has 1 aliphatic heterocycles. The standard InChI is InChI=1S/C22H20Br2N2O3/c23-18-11-16-17(12-19(18)24)22(29)25(21(16)28)13-20(27)26(14-7-3-1-4-8-14)15-9-5-2-6-10-15/h1-10,16-19H,11-13H2/t16-,17-,18-,19+/m1/s1. The fourth-order valence-corrected chi connectivity index (χ4v) is 5.35. The van der Waals surface area contributed by atoms with E-state index in [0.717, 1.165) is 4.90 Å². The Kier molecular flexibility index (Phi) is 5.88. The molecule has 2 aliphatic rings. The van der Waals surface area contributed by atoms with E-state index in [1.54, 1.807) is 4.90 Å². The minimum absolute atomic E-state index is 0.140. The second kappa shape index (κ2) is 8.40. The maximum absolute atomic E-state index is 13.3. The van der Waals surface area contributed by atoms with Gasteiger partial charge in [0.1, 0.15) is 6.54 Å². The predicted molar refractivity (Wildman–Crippen MR) is 118 cm³/mol. The first-order valence-corrected chi connectivity index (χ1v) is 11.4. The lowest BCUT2D eigenvalue weighted by atomic mass is 9.81. The number of amides is 3. The molecule has 0 N–H and O–H groups in total. The lowest BCUT2D eigenvalue weighted by molar-refractivity contribution is -0.143. The number of rotatable bonds is 4. The molecule has 4 atom stereocenters. The topological polar surface area (TPSA) is 57.7 Å². The van der Waals surface area contributed by atoms with Crippen molar-refractivity contribution in [1.82, 2.24) is 4.90 Å². The minimum Gasteiger partial charge on any atom is -0.280 e. The third-order valence-corrected chi connectivity index (χ3v) is 8.31. The summed E-state index contributed by atoms with van der Waals surface area (Å²) in [5, 5.41) is 0. The van der Waals surface area contributed by atoms with Gasteiger partial charge in [0.05, 0.1) is 11.8 Å². The molecule has 0 aromatic heterocycles. The van der Waals surface area contributed by atoms with E-state index < -0.39 is 0 Å². The van der Waals surface area contributed by atoms with Crippen LogP contribution in [0.25, 0.3) is 0 Å². The number of anilines is 2. The predicted octanol–water partition coefficient (Wildman–Crippen LogP) is 4.27. The highest BCUT2D eigenvalue weighted by Crippen LogP contribution is 2.43. The number of likely N-dealkylation sites (tertiary alicyclic amines) is 1. The van der Waals surface area contributed by atoms with Gasteiger partial charge in [-0.05, 0) is 37.1 Å². The van der Waals surface area contributed by atoms with Gasteiger partial charge in [0.25, 0.3) is 5.91 Å². The van der Waals surface area contributed by atoms with Crippen LogP contribution >= 0.6 is 31.9 Å². The minimum atomic E-state index is -0.352. The van der Waals surface area contributed by atoms with Crippen LogP contribution in [0, 0.1) is 11.8 Å². The van der Waals surface area contributed by atoms with Gasteiger partial charge in [-0.3, -0.25) is 24.2 Å².